The highest BCUT2D eigenvalue weighted by Gasteiger charge is 2.30. The van der Waals surface area contributed by atoms with Gasteiger partial charge in [-0.25, -0.2) is 9.97 Å². The zero-order valence-electron chi connectivity index (χ0n) is 13.7. The Bertz CT molecular complexity index is 666. The Kier molecular flexibility index (Phi) is 3.93. The van der Waals surface area contributed by atoms with Crippen LogP contribution in [0.3, 0.4) is 0 Å². The molecule has 2 aliphatic carbocycles. The first-order valence-electron chi connectivity index (χ1n) is 8.81. The van der Waals surface area contributed by atoms with E-state index >= 15 is 0 Å². The summed E-state index contributed by atoms with van der Waals surface area (Å²) in [6.45, 7) is 0.583. The van der Waals surface area contributed by atoms with Crippen LogP contribution < -0.4 is 0 Å². The number of aliphatic hydroxyl groups excluding tert-OH is 1. The van der Waals surface area contributed by atoms with E-state index < -0.39 is 6.10 Å². The Balaban J connectivity index is 1.51. The van der Waals surface area contributed by atoms with Crippen molar-refractivity contribution < 1.29 is 5.11 Å². The summed E-state index contributed by atoms with van der Waals surface area (Å²) in [6, 6.07) is 0. The molecule has 2 saturated carbocycles. The lowest BCUT2D eigenvalue weighted by molar-refractivity contribution is 0.0742. The van der Waals surface area contributed by atoms with E-state index in [1.165, 1.54) is 32.1 Å². The monoisotopic (exact) mass is 315 g/mol. The lowest BCUT2D eigenvalue weighted by atomic mass is 9.85. The van der Waals surface area contributed by atoms with Crippen molar-refractivity contribution >= 4 is 0 Å². The number of imidazole rings is 1. The number of aliphatic hydroxyl groups is 1. The third-order valence-electron chi connectivity index (χ3n) is 5.20. The van der Waals surface area contributed by atoms with Gasteiger partial charge in [-0.15, -0.1) is 0 Å². The molecular weight excluding hydrogens is 290 g/mol. The summed E-state index contributed by atoms with van der Waals surface area (Å²) in [7, 11) is 1.97. The van der Waals surface area contributed by atoms with Crippen molar-refractivity contribution in [2.24, 2.45) is 13.0 Å². The molecule has 6 nitrogen and oxygen atoms in total. The Labute approximate surface area is 136 Å². The van der Waals surface area contributed by atoms with Gasteiger partial charge in [-0.1, -0.05) is 19.3 Å². The quantitative estimate of drug-likeness (QED) is 0.920. The zero-order valence-corrected chi connectivity index (χ0v) is 13.7. The van der Waals surface area contributed by atoms with Gasteiger partial charge in [0.1, 0.15) is 17.8 Å². The van der Waals surface area contributed by atoms with Crippen LogP contribution in [0.1, 0.15) is 74.4 Å². The summed E-state index contributed by atoms with van der Waals surface area (Å²) in [5.74, 6) is 3.59. The first kappa shape index (κ1) is 14.9. The highest BCUT2D eigenvalue weighted by molar-refractivity contribution is 5.08. The van der Waals surface area contributed by atoms with Crippen LogP contribution >= 0.6 is 0 Å². The summed E-state index contributed by atoms with van der Waals surface area (Å²) in [4.78, 5) is 9.10. The van der Waals surface area contributed by atoms with Crippen LogP contribution in [-0.4, -0.2) is 29.4 Å². The van der Waals surface area contributed by atoms with Gasteiger partial charge in [-0.05, 0) is 31.6 Å². The normalized spacial score (nSPS) is 20.8. The van der Waals surface area contributed by atoms with Crippen LogP contribution in [0.25, 0.3) is 0 Å². The fourth-order valence-corrected chi connectivity index (χ4v) is 3.75. The molecule has 1 N–H and O–H groups in total. The highest BCUT2D eigenvalue weighted by Crippen LogP contribution is 2.38. The summed E-state index contributed by atoms with van der Waals surface area (Å²) < 4.78 is 3.91. The third-order valence-corrected chi connectivity index (χ3v) is 5.20. The van der Waals surface area contributed by atoms with Crippen LogP contribution in [0.5, 0.6) is 0 Å². The lowest BCUT2D eigenvalue weighted by Gasteiger charge is -2.26. The minimum Gasteiger partial charge on any atom is -0.385 e. The molecule has 0 bridgehead atoms. The van der Waals surface area contributed by atoms with Crippen molar-refractivity contribution in [1.82, 2.24) is 24.3 Å². The van der Waals surface area contributed by atoms with Gasteiger partial charge in [0.25, 0.3) is 0 Å². The first-order valence-corrected chi connectivity index (χ1v) is 8.81. The van der Waals surface area contributed by atoms with E-state index in [2.05, 4.69) is 15.1 Å². The first-order chi connectivity index (χ1) is 11.2. The Morgan fingerprint density at radius 3 is 2.74 bits per heavy atom. The van der Waals surface area contributed by atoms with E-state index in [4.69, 9.17) is 0 Å². The molecule has 1 atom stereocenters. The molecule has 124 valence electrons. The number of aryl methyl sites for hydroxylation is 1. The van der Waals surface area contributed by atoms with Gasteiger partial charge in [0.15, 0.2) is 5.82 Å². The second kappa shape index (κ2) is 6.07. The molecule has 0 spiro atoms. The number of hydrogen-bond donors (Lipinski definition) is 1. The van der Waals surface area contributed by atoms with Crippen molar-refractivity contribution in [3.63, 3.8) is 0 Å². The number of nitrogens with zero attached hydrogens (tertiary/aromatic N) is 5. The number of rotatable bonds is 5. The van der Waals surface area contributed by atoms with Crippen molar-refractivity contribution in [2.75, 3.05) is 0 Å². The molecule has 2 aromatic heterocycles. The predicted molar refractivity (Wildman–Crippen MR) is 85.8 cm³/mol. The van der Waals surface area contributed by atoms with Crippen LogP contribution in [0.2, 0.25) is 0 Å². The molecule has 2 heterocycles. The van der Waals surface area contributed by atoms with Crippen molar-refractivity contribution in [2.45, 2.75) is 63.5 Å². The minimum atomic E-state index is -0.475. The topological polar surface area (TPSA) is 68.8 Å². The summed E-state index contributed by atoms with van der Waals surface area (Å²) in [6.07, 6.45) is 11.6. The second-order valence-electron chi connectivity index (χ2n) is 7.04. The van der Waals surface area contributed by atoms with E-state index in [-0.39, 0.29) is 0 Å². The maximum Gasteiger partial charge on any atom is 0.170 e. The zero-order chi connectivity index (χ0) is 15.8. The summed E-state index contributed by atoms with van der Waals surface area (Å²) >= 11 is 0. The van der Waals surface area contributed by atoms with Crippen LogP contribution in [0.15, 0.2) is 12.4 Å². The molecule has 0 saturated heterocycles. The maximum atomic E-state index is 10.7. The summed E-state index contributed by atoms with van der Waals surface area (Å²) in [5.41, 5.74) is 0. The lowest BCUT2D eigenvalue weighted by Crippen LogP contribution is -2.20. The Morgan fingerprint density at radius 2 is 2.00 bits per heavy atom. The van der Waals surface area contributed by atoms with Gasteiger partial charge in [0.05, 0.1) is 6.54 Å². The number of hydrogen-bond acceptors (Lipinski definition) is 4. The van der Waals surface area contributed by atoms with Crippen molar-refractivity contribution in [1.29, 1.82) is 0 Å². The second-order valence-corrected chi connectivity index (χ2v) is 7.04. The van der Waals surface area contributed by atoms with Gasteiger partial charge in [0, 0.05) is 25.4 Å². The predicted octanol–water partition coefficient (Wildman–Crippen LogP) is 2.55. The molecule has 4 rings (SSSR count). The van der Waals surface area contributed by atoms with E-state index in [9.17, 15) is 5.11 Å². The Hall–Kier alpha value is -1.69. The van der Waals surface area contributed by atoms with Crippen LogP contribution in [0.4, 0.5) is 0 Å². The molecule has 2 aromatic rings. The molecule has 23 heavy (non-hydrogen) atoms. The van der Waals surface area contributed by atoms with Gasteiger partial charge < -0.3 is 9.67 Å². The molecule has 0 aliphatic heterocycles. The fourth-order valence-electron chi connectivity index (χ4n) is 3.75. The van der Waals surface area contributed by atoms with E-state index in [1.807, 2.05) is 22.5 Å². The largest absolute Gasteiger partial charge is 0.385 e. The van der Waals surface area contributed by atoms with Crippen LogP contribution in [0, 0.1) is 5.92 Å². The molecule has 0 aromatic carbocycles. The summed E-state index contributed by atoms with van der Waals surface area (Å²) in [5, 5.41) is 15.3. The molecule has 2 fully saturated rings. The minimum absolute atomic E-state index is 0.337. The van der Waals surface area contributed by atoms with E-state index in [0.717, 1.165) is 30.3 Å². The average molecular weight is 315 g/mol. The average Bonchev–Trinajstić information content (AvgIpc) is 3.20. The van der Waals surface area contributed by atoms with E-state index in [1.54, 1.807) is 6.20 Å². The van der Waals surface area contributed by atoms with Gasteiger partial charge in [-0.3, -0.25) is 4.68 Å². The molecule has 6 heteroatoms. The highest BCUT2D eigenvalue weighted by atomic mass is 16.3. The molecule has 1 unspecified atom stereocenters. The smallest absolute Gasteiger partial charge is 0.170 e. The SMILES string of the molecule is Cn1nc(Cn2ccnc2C(O)C2CCCCC2)nc1C1CC1. The third kappa shape index (κ3) is 3.04. The van der Waals surface area contributed by atoms with Gasteiger partial charge in [0.2, 0.25) is 0 Å². The van der Waals surface area contributed by atoms with Gasteiger partial charge >= 0.3 is 0 Å². The molecular formula is C17H25N5O. The van der Waals surface area contributed by atoms with Crippen LogP contribution in [-0.2, 0) is 13.6 Å². The molecule has 0 amide bonds. The van der Waals surface area contributed by atoms with Crippen molar-refractivity contribution in [3.05, 3.63) is 29.9 Å². The number of aromatic nitrogens is 5. The van der Waals surface area contributed by atoms with Gasteiger partial charge in [-0.2, -0.15) is 5.10 Å². The molecule has 0 radical (unpaired) electrons. The fraction of sp³-hybridized carbons (Fsp3) is 0.706. The van der Waals surface area contributed by atoms with E-state index in [0.29, 0.717) is 18.4 Å². The maximum absolute atomic E-state index is 10.7. The standard InChI is InChI=1S/C17H25N5O/c1-21-16(13-7-8-13)19-14(20-21)11-22-10-9-18-17(22)15(23)12-5-3-2-4-6-12/h9-10,12-13,15,23H,2-8,11H2,1H3. The molecule has 2 aliphatic rings. The van der Waals surface area contributed by atoms with Crippen molar-refractivity contribution in [3.8, 4) is 0 Å². The Morgan fingerprint density at radius 1 is 1.22 bits per heavy atom.